The molecule has 1 nitrogen and oxygen atoms in total. The predicted molar refractivity (Wildman–Crippen MR) is 98.0 cm³/mol. The molecule has 0 amide bonds. The van der Waals surface area contributed by atoms with E-state index in [0.29, 0.717) is 0 Å². The topological polar surface area (TPSA) is 12.0 Å². The standard InChI is InChI=1S/C18H21Br2N/c1-5-21-18(16-10-14(19)7-6-11(16)2)15-8-13(4)17(20)9-12(15)3/h6-10,18,21H,5H2,1-4H3. The van der Waals surface area contributed by atoms with Gasteiger partial charge in [-0.25, -0.2) is 0 Å². The van der Waals surface area contributed by atoms with Crippen LogP contribution in [0, 0.1) is 20.8 Å². The molecule has 0 aliphatic carbocycles. The van der Waals surface area contributed by atoms with Gasteiger partial charge in [0.15, 0.2) is 0 Å². The van der Waals surface area contributed by atoms with Crippen LogP contribution in [0.4, 0.5) is 0 Å². The highest BCUT2D eigenvalue weighted by atomic mass is 79.9. The number of hydrogen-bond donors (Lipinski definition) is 1. The second-order valence-electron chi connectivity index (χ2n) is 5.45. The summed E-state index contributed by atoms with van der Waals surface area (Å²) in [5.41, 5.74) is 6.56. The van der Waals surface area contributed by atoms with Crippen molar-refractivity contribution in [2.24, 2.45) is 0 Å². The van der Waals surface area contributed by atoms with Gasteiger partial charge in [-0.1, -0.05) is 50.9 Å². The summed E-state index contributed by atoms with van der Waals surface area (Å²) in [5, 5.41) is 3.63. The van der Waals surface area contributed by atoms with E-state index in [1.807, 2.05) is 0 Å². The minimum Gasteiger partial charge on any atom is -0.307 e. The second-order valence-corrected chi connectivity index (χ2v) is 7.22. The minimum atomic E-state index is 0.222. The van der Waals surface area contributed by atoms with Crippen molar-refractivity contribution in [3.63, 3.8) is 0 Å². The molecule has 0 aliphatic heterocycles. The summed E-state index contributed by atoms with van der Waals surface area (Å²) < 4.78 is 2.29. The summed E-state index contributed by atoms with van der Waals surface area (Å²) in [6, 6.07) is 11.2. The zero-order chi connectivity index (χ0) is 15.6. The maximum atomic E-state index is 3.63. The zero-order valence-electron chi connectivity index (χ0n) is 12.9. The van der Waals surface area contributed by atoms with E-state index in [-0.39, 0.29) is 6.04 Å². The highest BCUT2D eigenvalue weighted by molar-refractivity contribution is 9.10. The predicted octanol–water partition coefficient (Wildman–Crippen LogP) is 5.84. The van der Waals surface area contributed by atoms with Crippen LogP contribution >= 0.6 is 31.9 Å². The molecule has 2 aromatic rings. The van der Waals surface area contributed by atoms with E-state index >= 15 is 0 Å². The van der Waals surface area contributed by atoms with Gasteiger partial charge in [0.2, 0.25) is 0 Å². The Labute approximate surface area is 144 Å². The molecule has 1 N–H and O–H groups in total. The fraction of sp³-hybridized carbons (Fsp3) is 0.333. The van der Waals surface area contributed by atoms with Crippen LogP contribution < -0.4 is 5.32 Å². The highest BCUT2D eigenvalue weighted by Gasteiger charge is 2.18. The van der Waals surface area contributed by atoms with Crippen molar-refractivity contribution in [2.75, 3.05) is 6.54 Å². The van der Waals surface area contributed by atoms with Crippen molar-refractivity contribution in [3.05, 3.63) is 67.1 Å². The van der Waals surface area contributed by atoms with Crippen LogP contribution in [-0.2, 0) is 0 Å². The summed E-state index contributed by atoms with van der Waals surface area (Å²) in [7, 11) is 0. The van der Waals surface area contributed by atoms with Crippen molar-refractivity contribution >= 4 is 31.9 Å². The molecule has 0 aromatic heterocycles. The molecule has 21 heavy (non-hydrogen) atoms. The van der Waals surface area contributed by atoms with Gasteiger partial charge in [-0.05, 0) is 73.3 Å². The van der Waals surface area contributed by atoms with Gasteiger partial charge < -0.3 is 5.32 Å². The van der Waals surface area contributed by atoms with Gasteiger partial charge in [0.25, 0.3) is 0 Å². The minimum absolute atomic E-state index is 0.222. The summed E-state index contributed by atoms with van der Waals surface area (Å²) in [5.74, 6) is 0. The van der Waals surface area contributed by atoms with Crippen molar-refractivity contribution in [1.82, 2.24) is 5.32 Å². The molecule has 2 aromatic carbocycles. The van der Waals surface area contributed by atoms with Gasteiger partial charge in [0.05, 0.1) is 6.04 Å². The molecule has 2 rings (SSSR count). The van der Waals surface area contributed by atoms with E-state index < -0.39 is 0 Å². The Balaban J connectivity index is 2.58. The molecule has 0 saturated heterocycles. The fourth-order valence-corrected chi connectivity index (χ4v) is 3.46. The van der Waals surface area contributed by atoms with E-state index in [9.17, 15) is 0 Å². The number of rotatable bonds is 4. The molecule has 112 valence electrons. The van der Waals surface area contributed by atoms with E-state index in [2.05, 4.69) is 95.2 Å². The quantitative estimate of drug-likeness (QED) is 0.667. The molecule has 0 fully saturated rings. The monoisotopic (exact) mass is 409 g/mol. The number of hydrogen-bond acceptors (Lipinski definition) is 1. The number of benzene rings is 2. The van der Waals surface area contributed by atoms with Gasteiger partial charge in [0, 0.05) is 8.95 Å². The number of aryl methyl sites for hydroxylation is 3. The van der Waals surface area contributed by atoms with E-state index in [1.54, 1.807) is 0 Å². The van der Waals surface area contributed by atoms with E-state index in [1.165, 1.54) is 32.3 Å². The average molecular weight is 411 g/mol. The zero-order valence-corrected chi connectivity index (χ0v) is 16.1. The molecular weight excluding hydrogens is 390 g/mol. The van der Waals surface area contributed by atoms with Crippen LogP contribution in [0.2, 0.25) is 0 Å². The third-order valence-corrected chi connectivity index (χ3v) is 5.17. The van der Waals surface area contributed by atoms with Gasteiger partial charge in [0.1, 0.15) is 0 Å². The Morgan fingerprint density at radius 3 is 2.24 bits per heavy atom. The highest BCUT2D eigenvalue weighted by Crippen LogP contribution is 2.32. The van der Waals surface area contributed by atoms with Crippen LogP contribution in [0.25, 0.3) is 0 Å². The van der Waals surface area contributed by atoms with Gasteiger partial charge in [-0.3, -0.25) is 0 Å². The van der Waals surface area contributed by atoms with Crippen LogP contribution in [0.5, 0.6) is 0 Å². The molecular formula is C18H21Br2N. The average Bonchev–Trinajstić information content (AvgIpc) is 2.43. The van der Waals surface area contributed by atoms with E-state index in [0.717, 1.165) is 11.0 Å². The maximum absolute atomic E-state index is 3.63. The van der Waals surface area contributed by atoms with Crippen LogP contribution in [-0.4, -0.2) is 6.54 Å². The van der Waals surface area contributed by atoms with Crippen molar-refractivity contribution in [2.45, 2.75) is 33.7 Å². The van der Waals surface area contributed by atoms with Crippen molar-refractivity contribution < 1.29 is 0 Å². The van der Waals surface area contributed by atoms with Gasteiger partial charge in [-0.15, -0.1) is 0 Å². The molecule has 0 spiro atoms. The molecule has 3 heteroatoms. The summed E-state index contributed by atoms with van der Waals surface area (Å²) in [4.78, 5) is 0. The Kier molecular flexibility index (Phi) is 5.64. The Morgan fingerprint density at radius 1 is 0.905 bits per heavy atom. The first-order valence-electron chi connectivity index (χ1n) is 7.20. The molecule has 1 atom stereocenters. The third-order valence-electron chi connectivity index (χ3n) is 3.82. The lowest BCUT2D eigenvalue weighted by molar-refractivity contribution is 0.624. The Bertz CT molecular complexity index is 650. The smallest absolute Gasteiger partial charge is 0.0582 e. The lowest BCUT2D eigenvalue weighted by Crippen LogP contribution is -2.23. The largest absolute Gasteiger partial charge is 0.307 e. The molecule has 0 bridgehead atoms. The van der Waals surface area contributed by atoms with Gasteiger partial charge >= 0.3 is 0 Å². The first-order chi connectivity index (χ1) is 9.93. The molecule has 0 radical (unpaired) electrons. The van der Waals surface area contributed by atoms with E-state index in [4.69, 9.17) is 0 Å². The molecule has 0 heterocycles. The SMILES string of the molecule is CCNC(c1cc(Br)ccc1C)c1cc(C)c(Br)cc1C. The first-order valence-corrected chi connectivity index (χ1v) is 8.78. The van der Waals surface area contributed by atoms with Gasteiger partial charge in [-0.2, -0.15) is 0 Å². The van der Waals surface area contributed by atoms with Crippen molar-refractivity contribution in [3.8, 4) is 0 Å². The maximum Gasteiger partial charge on any atom is 0.0582 e. The van der Waals surface area contributed by atoms with Crippen LogP contribution in [0.1, 0.15) is 40.8 Å². The first kappa shape index (κ1) is 16.7. The lowest BCUT2D eigenvalue weighted by atomic mass is 9.91. The van der Waals surface area contributed by atoms with Crippen LogP contribution in [0.3, 0.4) is 0 Å². The Morgan fingerprint density at radius 2 is 1.57 bits per heavy atom. The summed E-state index contributed by atoms with van der Waals surface area (Å²) in [6.07, 6.45) is 0. The lowest BCUT2D eigenvalue weighted by Gasteiger charge is -2.24. The Hall–Kier alpha value is -0.640. The number of halogens is 2. The summed E-state index contributed by atoms with van der Waals surface area (Å²) in [6.45, 7) is 9.58. The van der Waals surface area contributed by atoms with Crippen LogP contribution in [0.15, 0.2) is 39.3 Å². The fourth-order valence-electron chi connectivity index (χ4n) is 2.63. The number of nitrogens with one attached hydrogen (secondary N) is 1. The van der Waals surface area contributed by atoms with Crippen molar-refractivity contribution in [1.29, 1.82) is 0 Å². The second kappa shape index (κ2) is 7.08. The summed E-state index contributed by atoms with van der Waals surface area (Å²) >= 11 is 7.22. The molecule has 0 aliphatic rings. The molecule has 0 saturated carbocycles. The molecule has 1 unspecified atom stereocenters. The normalized spacial score (nSPS) is 12.5. The third kappa shape index (κ3) is 3.77.